The van der Waals surface area contributed by atoms with Gasteiger partial charge in [0.15, 0.2) is 0 Å². The summed E-state index contributed by atoms with van der Waals surface area (Å²) in [4.78, 5) is 2.53. The van der Waals surface area contributed by atoms with Crippen LogP contribution in [0.1, 0.15) is 55.4 Å². The molecule has 2 aliphatic rings. The van der Waals surface area contributed by atoms with Gasteiger partial charge in [0, 0.05) is 19.5 Å². The molecule has 0 saturated carbocycles. The average Bonchev–Trinajstić information content (AvgIpc) is 3.01. The molecular formula is C18H24N4O. The second kappa shape index (κ2) is 6.32. The smallest absolute Gasteiger partial charge is 0.150 e. The third kappa shape index (κ3) is 2.98. The standard InChI is InChI=1S/C18H24N4O/c23-15-9-7-14(8-10-15)13-21-11-3-1-5-16(21)18-20-19-17-6-2-4-12-22(17)18/h7-10,16,23H,1-6,11-13H2. The Morgan fingerprint density at radius 1 is 1.00 bits per heavy atom. The number of nitrogens with zero attached hydrogens (tertiary/aromatic N) is 4. The van der Waals surface area contributed by atoms with Crippen molar-refractivity contribution in [3.8, 4) is 5.75 Å². The number of aromatic hydroxyl groups is 1. The van der Waals surface area contributed by atoms with Gasteiger partial charge in [0.25, 0.3) is 0 Å². The molecule has 1 saturated heterocycles. The molecule has 0 bridgehead atoms. The number of likely N-dealkylation sites (tertiary alicyclic amines) is 1. The van der Waals surface area contributed by atoms with Gasteiger partial charge in [0.05, 0.1) is 6.04 Å². The lowest BCUT2D eigenvalue weighted by Gasteiger charge is -2.35. The van der Waals surface area contributed by atoms with Crippen LogP contribution in [0.2, 0.25) is 0 Å². The van der Waals surface area contributed by atoms with Crippen LogP contribution in [0, 0.1) is 0 Å². The highest BCUT2D eigenvalue weighted by Crippen LogP contribution is 2.32. The van der Waals surface area contributed by atoms with Crippen molar-refractivity contribution in [2.24, 2.45) is 0 Å². The van der Waals surface area contributed by atoms with Crippen LogP contribution in [0.5, 0.6) is 5.75 Å². The molecule has 5 nitrogen and oxygen atoms in total. The highest BCUT2D eigenvalue weighted by molar-refractivity contribution is 5.26. The van der Waals surface area contributed by atoms with Gasteiger partial charge in [-0.15, -0.1) is 10.2 Å². The number of piperidine rings is 1. The molecule has 2 aliphatic heterocycles. The first kappa shape index (κ1) is 14.7. The minimum absolute atomic E-state index is 0.329. The van der Waals surface area contributed by atoms with E-state index in [1.165, 1.54) is 37.1 Å². The molecule has 1 fully saturated rings. The zero-order valence-electron chi connectivity index (χ0n) is 13.5. The fraction of sp³-hybridized carbons (Fsp3) is 0.556. The predicted octanol–water partition coefficient (Wildman–Crippen LogP) is 3.05. The number of fused-ring (bicyclic) bond motifs is 1. The first-order chi connectivity index (χ1) is 11.3. The van der Waals surface area contributed by atoms with E-state index in [2.05, 4.69) is 19.7 Å². The van der Waals surface area contributed by atoms with Crippen LogP contribution in [-0.2, 0) is 19.5 Å². The molecule has 1 unspecified atom stereocenters. The van der Waals surface area contributed by atoms with Gasteiger partial charge in [0.1, 0.15) is 17.4 Å². The van der Waals surface area contributed by atoms with Gasteiger partial charge in [-0.2, -0.15) is 0 Å². The second-order valence-corrected chi connectivity index (χ2v) is 6.73. The summed E-state index contributed by atoms with van der Waals surface area (Å²) < 4.78 is 2.36. The Bertz CT molecular complexity index is 664. The molecule has 1 N–H and O–H groups in total. The minimum atomic E-state index is 0.329. The lowest BCUT2D eigenvalue weighted by molar-refractivity contribution is 0.129. The molecular weight excluding hydrogens is 288 g/mol. The number of benzene rings is 1. The minimum Gasteiger partial charge on any atom is -0.508 e. The lowest BCUT2D eigenvalue weighted by Crippen LogP contribution is -2.35. The van der Waals surface area contributed by atoms with E-state index in [1.54, 1.807) is 12.1 Å². The van der Waals surface area contributed by atoms with Gasteiger partial charge < -0.3 is 9.67 Å². The second-order valence-electron chi connectivity index (χ2n) is 6.73. The number of aromatic nitrogens is 3. The molecule has 0 spiro atoms. The molecule has 0 radical (unpaired) electrons. The van der Waals surface area contributed by atoms with Crippen LogP contribution in [0.3, 0.4) is 0 Å². The van der Waals surface area contributed by atoms with Gasteiger partial charge in [0.2, 0.25) is 0 Å². The number of rotatable bonds is 3. The molecule has 2 aromatic rings. The summed E-state index contributed by atoms with van der Waals surface area (Å²) in [5.41, 5.74) is 1.24. The maximum Gasteiger partial charge on any atom is 0.150 e. The maximum absolute atomic E-state index is 9.46. The summed E-state index contributed by atoms with van der Waals surface area (Å²) in [6, 6.07) is 7.94. The Morgan fingerprint density at radius 3 is 2.70 bits per heavy atom. The van der Waals surface area contributed by atoms with Crippen LogP contribution in [-0.4, -0.2) is 31.3 Å². The van der Waals surface area contributed by atoms with Gasteiger partial charge in [-0.25, -0.2) is 0 Å². The van der Waals surface area contributed by atoms with Crippen molar-refractivity contribution < 1.29 is 5.11 Å². The normalized spacial score (nSPS) is 22.0. The lowest BCUT2D eigenvalue weighted by atomic mass is 10.00. The largest absolute Gasteiger partial charge is 0.508 e. The van der Waals surface area contributed by atoms with E-state index in [-0.39, 0.29) is 0 Å². The average molecular weight is 312 g/mol. The summed E-state index contributed by atoms with van der Waals surface area (Å²) in [5, 5.41) is 18.5. The van der Waals surface area contributed by atoms with Crippen molar-refractivity contribution in [3.63, 3.8) is 0 Å². The van der Waals surface area contributed by atoms with Gasteiger partial charge in [-0.1, -0.05) is 18.6 Å². The van der Waals surface area contributed by atoms with E-state index in [0.717, 1.165) is 38.3 Å². The maximum atomic E-state index is 9.46. The van der Waals surface area contributed by atoms with Gasteiger partial charge in [-0.05, 0) is 49.9 Å². The molecule has 4 rings (SSSR count). The van der Waals surface area contributed by atoms with Crippen molar-refractivity contribution in [3.05, 3.63) is 41.5 Å². The predicted molar refractivity (Wildman–Crippen MR) is 88.1 cm³/mol. The molecule has 23 heavy (non-hydrogen) atoms. The van der Waals surface area contributed by atoms with Gasteiger partial charge in [-0.3, -0.25) is 4.90 Å². The van der Waals surface area contributed by atoms with E-state index in [4.69, 9.17) is 0 Å². The van der Waals surface area contributed by atoms with E-state index < -0.39 is 0 Å². The zero-order valence-corrected chi connectivity index (χ0v) is 13.5. The Kier molecular flexibility index (Phi) is 4.04. The fourth-order valence-electron chi connectivity index (χ4n) is 3.89. The summed E-state index contributed by atoms with van der Waals surface area (Å²) in [5.74, 6) is 2.66. The number of phenolic OH excluding ortho intramolecular Hbond substituents is 1. The molecule has 0 aliphatic carbocycles. The molecule has 122 valence electrons. The highest BCUT2D eigenvalue weighted by Gasteiger charge is 2.30. The van der Waals surface area contributed by atoms with E-state index in [1.807, 2.05) is 12.1 Å². The third-order valence-corrected chi connectivity index (χ3v) is 5.12. The van der Waals surface area contributed by atoms with Crippen molar-refractivity contribution in [1.82, 2.24) is 19.7 Å². The molecule has 3 heterocycles. The fourth-order valence-corrected chi connectivity index (χ4v) is 3.89. The summed E-state index contributed by atoms with van der Waals surface area (Å²) in [6.07, 6.45) is 7.21. The van der Waals surface area contributed by atoms with Crippen LogP contribution in [0.4, 0.5) is 0 Å². The quantitative estimate of drug-likeness (QED) is 0.946. The van der Waals surface area contributed by atoms with Crippen molar-refractivity contribution in [1.29, 1.82) is 0 Å². The monoisotopic (exact) mass is 312 g/mol. The molecule has 0 amide bonds. The Morgan fingerprint density at radius 2 is 1.83 bits per heavy atom. The first-order valence-electron chi connectivity index (χ1n) is 8.75. The van der Waals surface area contributed by atoms with Crippen molar-refractivity contribution in [2.75, 3.05) is 6.54 Å². The molecule has 1 aromatic heterocycles. The number of aryl methyl sites for hydroxylation is 1. The van der Waals surface area contributed by atoms with Crippen molar-refractivity contribution in [2.45, 2.75) is 57.7 Å². The Hall–Kier alpha value is -1.88. The number of hydrogen-bond acceptors (Lipinski definition) is 4. The molecule has 5 heteroatoms. The Balaban J connectivity index is 1.58. The van der Waals surface area contributed by atoms with Crippen LogP contribution >= 0.6 is 0 Å². The van der Waals surface area contributed by atoms with Crippen molar-refractivity contribution >= 4 is 0 Å². The number of hydrogen-bond donors (Lipinski definition) is 1. The first-order valence-corrected chi connectivity index (χ1v) is 8.75. The highest BCUT2D eigenvalue weighted by atomic mass is 16.3. The zero-order chi connectivity index (χ0) is 15.6. The van der Waals surface area contributed by atoms with Gasteiger partial charge >= 0.3 is 0 Å². The molecule has 1 aromatic carbocycles. The summed E-state index contributed by atoms with van der Waals surface area (Å²) >= 11 is 0. The third-order valence-electron chi connectivity index (χ3n) is 5.12. The SMILES string of the molecule is Oc1ccc(CN2CCCCC2c2nnc3n2CCCC3)cc1. The van der Waals surface area contributed by atoms with Crippen LogP contribution in [0.25, 0.3) is 0 Å². The summed E-state index contributed by atoms with van der Waals surface area (Å²) in [7, 11) is 0. The van der Waals surface area contributed by atoms with E-state index >= 15 is 0 Å². The summed E-state index contributed by atoms with van der Waals surface area (Å²) in [6.45, 7) is 3.09. The van der Waals surface area contributed by atoms with E-state index in [0.29, 0.717) is 11.8 Å². The van der Waals surface area contributed by atoms with Crippen LogP contribution in [0.15, 0.2) is 24.3 Å². The Labute approximate surface area is 137 Å². The molecule has 1 atom stereocenters. The van der Waals surface area contributed by atoms with E-state index in [9.17, 15) is 5.11 Å². The van der Waals surface area contributed by atoms with Crippen LogP contribution < -0.4 is 0 Å². The number of phenols is 1. The topological polar surface area (TPSA) is 54.2 Å².